The van der Waals surface area contributed by atoms with Crippen molar-refractivity contribution >= 4 is 17.5 Å². The van der Waals surface area contributed by atoms with Gasteiger partial charge in [0, 0.05) is 17.7 Å². The van der Waals surface area contributed by atoms with Crippen molar-refractivity contribution in [1.29, 1.82) is 0 Å². The molecule has 2 amide bonds. The molecule has 1 unspecified atom stereocenters. The molecule has 45 heavy (non-hydrogen) atoms. The Morgan fingerprint density at radius 1 is 1.13 bits per heavy atom. The number of fused-ring (bicyclic) bond motifs is 4. The van der Waals surface area contributed by atoms with Gasteiger partial charge in [-0.25, -0.2) is 4.98 Å². The van der Waals surface area contributed by atoms with Crippen molar-refractivity contribution in [2.24, 2.45) is 5.92 Å². The van der Waals surface area contributed by atoms with Crippen LogP contribution in [0.5, 0.6) is 5.75 Å². The number of H-pyrrole nitrogens is 1. The Hall–Kier alpha value is -4.64. The maximum Gasteiger partial charge on any atom is 0.252 e. The second-order valence-corrected chi connectivity index (χ2v) is 12.7. The van der Waals surface area contributed by atoms with Crippen LogP contribution < -0.4 is 20.7 Å². The van der Waals surface area contributed by atoms with Crippen LogP contribution in [0.2, 0.25) is 0 Å². The first-order valence-corrected chi connectivity index (χ1v) is 15.6. The number of rotatable bonds is 6. The number of carbonyl (C=O) groups excluding carboxylic acids is 2. The van der Waals surface area contributed by atoms with Crippen LogP contribution in [0.1, 0.15) is 80.6 Å². The highest BCUT2D eigenvalue weighted by Gasteiger charge is 2.60. The number of carbonyl (C=O) groups is 2. The number of benzene rings is 2. The molecule has 7 rings (SSSR count). The number of hydrogen-bond acceptors (Lipinski definition) is 8. The van der Waals surface area contributed by atoms with Crippen LogP contribution in [0.25, 0.3) is 11.4 Å². The lowest BCUT2D eigenvalue weighted by molar-refractivity contribution is -0.143. The molecule has 5 heterocycles. The minimum Gasteiger partial charge on any atom is -0.469 e. The smallest absolute Gasteiger partial charge is 0.252 e. The summed E-state index contributed by atoms with van der Waals surface area (Å²) in [7, 11) is 0. The predicted molar refractivity (Wildman–Crippen MR) is 167 cm³/mol. The molecule has 4 aromatic rings. The average molecular weight is 611 g/mol. The first-order valence-electron chi connectivity index (χ1n) is 15.6. The summed E-state index contributed by atoms with van der Waals surface area (Å²) in [6.45, 7) is 9.37. The zero-order chi connectivity index (χ0) is 31.7. The fraction of sp³-hybridized carbons (Fsp3) is 0.412. The largest absolute Gasteiger partial charge is 0.469 e. The molecule has 1 spiro atoms. The molecule has 11 nitrogen and oxygen atoms in total. The van der Waals surface area contributed by atoms with Gasteiger partial charge in [0.2, 0.25) is 11.8 Å². The van der Waals surface area contributed by atoms with E-state index in [9.17, 15) is 14.7 Å². The van der Waals surface area contributed by atoms with E-state index in [0.717, 1.165) is 28.1 Å². The van der Waals surface area contributed by atoms with Crippen LogP contribution in [0.4, 0.5) is 5.69 Å². The molecule has 3 aliphatic heterocycles. The molecule has 2 aromatic carbocycles. The summed E-state index contributed by atoms with van der Waals surface area (Å²) in [5.74, 6) is 0.515. The van der Waals surface area contributed by atoms with Gasteiger partial charge in [-0.1, -0.05) is 58.0 Å². The Labute approximate surface area is 261 Å². The molecule has 2 aromatic heterocycles. The highest BCUT2D eigenvalue weighted by atomic mass is 16.5. The van der Waals surface area contributed by atoms with Gasteiger partial charge in [-0.2, -0.15) is 5.10 Å². The normalized spacial score (nSPS) is 23.3. The lowest BCUT2D eigenvalue weighted by Gasteiger charge is -2.30. The molecule has 0 saturated carbocycles. The summed E-state index contributed by atoms with van der Waals surface area (Å²) >= 11 is 0. The molecular weight excluding hydrogens is 572 g/mol. The lowest BCUT2D eigenvalue weighted by atomic mass is 9.72. The minimum absolute atomic E-state index is 0.116. The molecule has 0 aliphatic carbocycles. The molecule has 0 saturated heterocycles. The van der Waals surface area contributed by atoms with E-state index in [4.69, 9.17) is 14.1 Å². The maximum atomic E-state index is 14.0. The van der Waals surface area contributed by atoms with Gasteiger partial charge in [0.25, 0.3) is 5.91 Å². The second-order valence-electron chi connectivity index (χ2n) is 12.7. The van der Waals surface area contributed by atoms with E-state index in [2.05, 4.69) is 32.2 Å². The summed E-state index contributed by atoms with van der Waals surface area (Å²) in [5, 5.41) is 28.0. The summed E-state index contributed by atoms with van der Waals surface area (Å²) in [4.78, 5) is 32.4. The molecule has 4 atom stereocenters. The SMILES string of the molecule is CCC(O)(CC)C(=O)N[C@H]1Cc2ccc3c(c2)C2(c4ccccc4N[C@H]2O3)c2oc(nc2-c2cc(C)n[nH]2)[C@H](C(C)C)NC1=O. The third-order valence-corrected chi connectivity index (χ3v) is 9.59. The predicted octanol–water partition coefficient (Wildman–Crippen LogP) is 4.26. The molecule has 4 bridgehead atoms. The number of amides is 2. The summed E-state index contributed by atoms with van der Waals surface area (Å²) < 4.78 is 13.5. The number of nitrogens with one attached hydrogen (secondary N) is 4. The zero-order valence-electron chi connectivity index (χ0n) is 26.0. The number of aromatic amines is 1. The first kappa shape index (κ1) is 29.1. The van der Waals surface area contributed by atoms with Crippen LogP contribution in [0.3, 0.4) is 0 Å². The van der Waals surface area contributed by atoms with Crippen LogP contribution >= 0.6 is 0 Å². The van der Waals surface area contributed by atoms with Crippen molar-refractivity contribution in [1.82, 2.24) is 25.8 Å². The van der Waals surface area contributed by atoms with Gasteiger partial charge in [0.05, 0.1) is 11.4 Å². The maximum absolute atomic E-state index is 14.0. The monoisotopic (exact) mass is 610 g/mol. The third kappa shape index (κ3) is 4.35. The number of nitrogens with zero attached hydrogens (tertiary/aromatic N) is 2. The van der Waals surface area contributed by atoms with Gasteiger partial charge < -0.3 is 30.2 Å². The van der Waals surface area contributed by atoms with Crippen molar-refractivity contribution in [3.8, 4) is 17.1 Å². The second kappa shape index (κ2) is 10.5. The fourth-order valence-corrected chi connectivity index (χ4v) is 6.89. The van der Waals surface area contributed by atoms with E-state index < -0.39 is 41.1 Å². The molecule has 5 N–H and O–H groups in total. The van der Waals surface area contributed by atoms with Crippen molar-refractivity contribution in [3.05, 3.63) is 82.6 Å². The topological polar surface area (TPSA) is 154 Å². The standard InChI is InChI=1S/C34H38N6O5/c1-6-33(43,7-2)31(42)35-24-16-19-12-13-25-21(15-19)34(20-10-8-9-11-22(20)36-32(34)44-25)28-27(23-14-18(5)39-40-23)38-30(45-28)26(17(3)4)37-29(24)41/h8-15,17,24,26,32,36,43H,6-7,16H2,1-5H3,(H,35,42)(H,37,41)(H,39,40)/t24-,26-,32-,34?/m0/s1. The fourth-order valence-electron chi connectivity index (χ4n) is 6.89. The number of anilines is 1. The van der Waals surface area contributed by atoms with Crippen molar-refractivity contribution in [2.45, 2.75) is 83.2 Å². The highest BCUT2D eigenvalue weighted by Crippen LogP contribution is 2.59. The highest BCUT2D eigenvalue weighted by molar-refractivity contribution is 5.91. The molecule has 11 heteroatoms. The quantitative estimate of drug-likeness (QED) is 0.217. The van der Waals surface area contributed by atoms with E-state index in [1.807, 2.05) is 63.2 Å². The number of aryl methyl sites for hydroxylation is 1. The van der Waals surface area contributed by atoms with Gasteiger partial charge in [0.1, 0.15) is 34.5 Å². The average Bonchev–Trinajstić information content (AvgIpc) is 3.79. The van der Waals surface area contributed by atoms with Crippen LogP contribution in [-0.2, 0) is 21.4 Å². The first-order chi connectivity index (χ1) is 21.6. The van der Waals surface area contributed by atoms with Crippen molar-refractivity contribution < 1.29 is 23.8 Å². The van der Waals surface area contributed by atoms with Gasteiger partial charge in [-0.15, -0.1) is 0 Å². The van der Waals surface area contributed by atoms with Gasteiger partial charge in [0.15, 0.2) is 12.0 Å². The summed E-state index contributed by atoms with van der Waals surface area (Å²) in [6.07, 6.45) is 0.117. The van der Waals surface area contributed by atoms with Gasteiger partial charge >= 0.3 is 0 Å². The number of oxazole rings is 1. The Morgan fingerprint density at radius 3 is 2.62 bits per heavy atom. The molecular formula is C34H38N6O5. The van der Waals surface area contributed by atoms with Crippen molar-refractivity contribution in [3.63, 3.8) is 0 Å². The van der Waals surface area contributed by atoms with Crippen LogP contribution in [0.15, 0.2) is 52.9 Å². The number of hydrogen-bond donors (Lipinski definition) is 5. The van der Waals surface area contributed by atoms with Gasteiger partial charge in [-0.05, 0) is 55.0 Å². The summed E-state index contributed by atoms with van der Waals surface area (Å²) in [6, 6.07) is 14.3. The molecule has 234 valence electrons. The van der Waals surface area contributed by atoms with E-state index in [-0.39, 0.29) is 25.2 Å². The van der Waals surface area contributed by atoms with E-state index in [0.29, 0.717) is 28.8 Å². The van der Waals surface area contributed by atoms with Crippen LogP contribution in [-0.4, -0.2) is 50.0 Å². The number of para-hydroxylation sites is 1. The molecule has 0 radical (unpaired) electrons. The van der Waals surface area contributed by atoms with Crippen molar-refractivity contribution in [2.75, 3.05) is 5.32 Å². The van der Waals surface area contributed by atoms with E-state index in [1.54, 1.807) is 13.8 Å². The van der Waals surface area contributed by atoms with Gasteiger partial charge in [-0.3, -0.25) is 14.7 Å². The number of aromatic nitrogens is 3. The minimum atomic E-state index is -1.59. The molecule has 0 fully saturated rings. The Balaban J connectivity index is 1.47. The Morgan fingerprint density at radius 2 is 1.91 bits per heavy atom. The van der Waals surface area contributed by atoms with Crippen LogP contribution in [0, 0.1) is 12.8 Å². The van der Waals surface area contributed by atoms with E-state index in [1.165, 1.54) is 0 Å². The summed E-state index contributed by atoms with van der Waals surface area (Å²) in [5.41, 5.74) is 3.15. The Bertz CT molecular complexity index is 1810. The number of ether oxygens (including phenoxy) is 1. The zero-order valence-corrected chi connectivity index (χ0v) is 26.0. The Kier molecular flexibility index (Phi) is 6.77. The third-order valence-electron chi connectivity index (χ3n) is 9.59. The van der Waals surface area contributed by atoms with E-state index >= 15 is 0 Å². The lowest BCUT2D eigenvalue weighted by Crippen LogP contribution is -2.55. The molecule has 3 aliphatic rings. The number of aliphatic hydroxyl groups is 1.